The molecule has 3 heterocycles. The smallest absolute Gasteiger partial charge is 0.134 e. The largest absolute Gasteiger partial charge is 0.389 e. The maximum atomic E-state index is 10.6. The van der Waals surface area contributed by atoms with Crippen LogP contribution in [0.15, 0.2) is 6.07 Å². The van der Waals surface area contributed by atoms with Crippen molar-refractivity contribution in [1.29, 1.82) is 0 Å². The van der Waals surface area contributed by atoms with E-state index in [9.17, 15) is 5.11 Å². The molecule has 3 fully saturated rings. The van der Waals surface area contributed by atoms with Crippen molar-refractivity contribution < 1.29 is 5.11 Å². The van der Waals surface area contributed by atoms with Gasteiger partial charge in [0.2, 0.25) is 0 Å². The number of β-amino-alcohol motifs (C(OH)–C–C–N with tert-alkyl or cyclic N) is 1. The lowest BCUT2D eigenvalue weighted by atomic mass is 10.0. The van der Waals surface area contributed by atoms with Gasteiger partial charge in [-0.2, -0.15) is 0 Å². The highest BCUT2D eigenvalue weighted by molar-refractivity contribution is 5.51. The highest BCUT2D eigenvalue weighted by Gasteiger charge is 2.34. The molecule has 1 aromatic rings. The van der Waals surface area contributed by atoms with Gasteiger partial charge < -0.3 is 14.9 Å². The third-order valence-electron chi connectivity index (χ3n) is 5.99. The Morgan fingerprint density at radius 2 is 1.44 bits per heavy atom. The van der Waals surface area contributed by atoms with Crippen LogP contribution in [0.3, 0.4) is 0 Å². The van der Waals surface area contributed by atoms with Crippen molar-refractivity contribution in [3.05, 3.63) is 11.9 Å². The number of piperazine rings is 1. The fraction of sp³-hybridized carbons (Fsp3) is 0.789. The molecule has 0 bridgehead atoms. The number of anilines is 2. The normalized spacial score (nSPS) is 24.2. The molecule has 4 rings (SSSR count). The molecule has 0 amide bonds. The van der Waals surface area contributed by atoms with Crippen LogP contribution in [0.1, 0.15) is 44.3 Å². The summed E-state index contributed by atoms with van der Waals surface area (Å²) in [7, 11) is 0. The van der Waals surface area contributed by atoms with Gasteiger partial charge in [0.15, 0.2) is 0 Å². The van der Waals surface area contributed by atoms with E-state index in [0.717, 1.165) is 76.1 Å². The summed E-state index contributed by atoms with van der Waals surface area (Å²) in [6.45, 7) is 9.02. The SMILES string of the molecule is Cc1nc(N2CCCC2)cc(N2CCN(CC3(O)CCCC3)CC2)n1. The minimum Gasteiger partial charge on any atom is -0.389 e. The lowest BCUT2D eigenvalue weighted by Crippen LogP contribution is -2.51. The summed E-state index contributed by atoms with van der Waals surface area (Å²) in [5.74, 6) is 3.01. The average Bonchev–Trinajstić information content (AvgIpc) is 3.27. The quantitative estimate of drug-likeness (QED) is 0.898. The van der Waals surface area contributed by atoms with E-state index in [-0.39, 0.29) is 0 Å². The standard InChI is InChI=1S/C19H31N5O/c1-16-20-17(23-8-4-5-9-23)14-18(21-16)24-12-10-22(11-13-24)15-19(25)6-2-3-7-19/h14,25H,2-13,15H2,1H3. The lowest BCUT2D eigenvalue weighted by Gasteiger charge is -2.39. The molecule has 2 saturated heterocycles. The van der Waals surface area contributed by atoms with Gasteiger partial charge in [0, 0.05) is 51.9 Å². The van der Waals surface area contributed by atoms with Crippen molar-refractivity contribution in [3.63, 3.8) is 0 Å². The minimum atomic E-state index is -0.434. The Balaban J connectivity index is 1.38. The number of aromatic nitrogens is 2. The molecular formula is C19H31N5O. The van der Waals surface area contributed by atoms with Gasteiger partial charge >= 0.3 is 0 Å². The summed E-state index contributed by atoms with van der Waals surface area (Å²) in [4.78, 5) is 16.5. The Morgan fingerprint density at radius 1 is 0.880 bits per heavy atom. The number of hydrogen-bond donors (Lipinski definition) is 1. The molecule has 0 unspecified atom stereocenters. The van der Waals surface area contributed by atoms with Gasteiger partial charge in [-0.1, -0.05) is 12.8 Å². The van der Waals surface area contributed by atoms with Crippen molar-refractivity contribution >= 4 is 11.6 Å². The van der Waals surface area contributed by atoms with Crippen molar-refractivity contribution in [1.82, 2.24) is 14.9 Å². The summed E-state index contributed by atoms with van der Waals surface area (Å²) in [6, 6.07) is 2.17. The molecule has 1 aromatic heterocycles. The predicted octanol–water partition coefficient (Wildman–Crippen LogP) is 1.81. The first kappa shape index (κ1) is 17.0. The Bertz CT molecular complexity index is 587. The maximum absolute atomic E-state index is 10.6. The molecule has 0 aromatic carbocycles. The van der Waals surface area contributed by atoms with Gasteiger partial charge in [-0.15, -0.1) is 0 Å². The van der Waals surface area contributed by atoms with Crippen LogP contribution in [0.4, 0.5) is 11.6 Å². The van der Waals surface area contributed by atoms with Crippen LogP contribution >= 0.6 is 0 Å². The van der Waals surface area contributed by atoms with Crippen LogP contribution in [-0.4, -0.2) is 71.4 Å². The minimum absolute atomic E-state index is 0.434. The fourth-order valence-electron chi connectivity index (χ4n) is 4.55. The van der Waals surface area contributed by atoms with Crippen molar-refractivity contribution in [2.45, 2.75) is 51.0 Å². The highest BCUT2D eigenvalue weighted by Crippen LogP contribution is 2.31. The van der Waals surface area contributed by atoms with Gasteiger partial charge in [0.1, 0.15) is 17.5 Å². The summed E-state index contributed by atoms with van der Waals surface area (Å²) in [5, 5.41) is 10.6. The van der Waals surface area contributed by atoms with E-state index in [1.54, 1.807) is 0 Å². The maximum Gasteiger partial charge on any atom is 0.134 e. The first-order valence-corrected chi connectivity index (χ1v) is 9.92. The molecule has 0 radical (unpaired) electrons. The zero-order chi connectivity index (χ0) is 17.3. The van der Waals surface area contributed by atoms with Crippen LogP contribution in [0.25, 0.3) is 0 Å². The van der Waals surface area contributed by atoms with E-state index in [4.69, 9.17) is 4.98 Å². The first-order chi connectivity index (χ1) is 12.1. The molecule has 1 N–H and O–H groups in total. The molecule has 1 saturated carbocycles. The molecular weight excluding hydrogens is 314 g/mol. The third-order valence-corrected chi connectivity index (χ3v) is 5.99. The van der Waals surface area contributed by atoms with E-state index in [1.165, 1.54) is 25.7 Å². The van der Waals surface area contributed by atoms with Crippen molar-refractivity contribution in [2.24, 2.45) is 0 Å². The number of rotatable bonds is 4. The molecule has 0 spiro atoms. The molecule has 6 nitrogen and oxygen atoms in total. The Labute approximate surface area is 150 Å². The molecule has 25 heavy (non-hydrogen) atoms. The van der Waals surface area contributed by atoms with Crippen LogP contribution < -0.4 is 9.80 Å². The molecule has 3 aliphatic rings. The Hall–Kier alpha value is -1.40. The molecule has 6 heteroatoms. The molecule has 1 aliphatic carbocycles. The van der Waals surface area contributed by atoms with Gasteiger partial charge in [-0.05, 0) is 32.6 Å². The average molecular weight is 345 g/mol. The number of hydrogen-bond acceptors (Lipinski definition) is 6. The third kappa shape index (κ3) is 3.90. The topological polar surface area (TPSA) is 55.7 Å². The first-order valence-electron chi connectivity index (χ1n) is 9.92. The van der Waals surface area contributed by atoms with Crippen LogP contribution in [0.2, 0.25) is 0 Å². The lowest BCUT2D eigenvalue weighted by molar-refractivity contribution is 0.00799. The number of nitrogens with zero attached hydrogens (tertiary/aromatic N) is 5. The van der Waals surface area contributed by atoms with Gasteiger partial charge in [-0.25, -0.2) is 9.97 Å². The van der Waals surface area contributed by atoms with E-state index in [1.807, 2.05) is 6.92 Å². The second-order valence-corrected chi connectivity index (χ2v) is 8.02. The highest BCUT2D eigenvalue weighted by atomic mass is 16.3. The van der Waals surface area contributed by atoms with Gasteiger partial charge in [0.05, 0.1) is 5.60 Å². The van der Waals surface area contributed by atoms with E-state index in [2.05, 4.69) is 25.8 Å². The summed E-state index contributed by atoms with van der Waals surface area (Å²) < 4.78 is 0. The van der Waals surface area contributed by atoms with Crippen LogP contribution in [0.5, 0.6) is 0 Å². The summed E-state index contributed by atoms with van der Waals surface area (Å²) >= 11 is 0. The second kappa shape index (κ2) is 7.08. The van der Waals surface area contributed by atoms with Gasteiger partial charge in [0.25, 0.3) is 0 Å². The van der Waals surface area contributed by atoms with Gasteiger partial charge in [-0.3, -0.25) is 4.90 Å². The van der Waals surface area contributed by atoms with E-state index < -0.39 is 5.60 Å². The summed E-state index contributed by atoms with van der Waals surface area (Å²) in [6.07, 6.45) is 6.82. The molecule has 138 valence electrons. The van der Waals surface area contributed by atoms with Crippen molar-refractivity contribution in [3.8, 4) is 0 Å². The van der Waals surface area contributed by atoms with Crippen molar-refractivity contribution in [2.75, 3.05) is 55.6 Å². The fourth-order valence-corrected chi connectivity index (χ4v) is 4.55. The molecule has 0 atom stereocenters. The van der Waals surface area contributed by atoms with E-state index >= 15 is 0 Å². The van der Waals surface area contributed by atoms with Crippen LogP contribution in [0, 0.1) is 6.92 Å². The second-order valence-electron chi connectivity index (χ2n) is 8.02. The van der Waals surface area contributed by atoms with E-state index in [0.29, 0.717) is 0 Å². The predicted molar refractivity (Wildman–Crippen MR) is 100 cm³/mol. The Morgan fingerprint density at radius 3 is 2.04 bits per heavy atom. The van der Waals surface area contributed by atoms with Crippen LogP contribution in [-0.2, 0) is 0 Å². The number of aliphatic hydroxyl groups is 1. The zero-order valence-electron chi connectivity index (χ0n) is 15.5. The summed E-state index contributed by atoms with van der Waals surface area (Å²) in [5.41, 5.74) is -0.434. The number of aryl methyl sites for hydroxylation is 1. The zero-order valence-corrected chi connectivity index (χ0v) is 15.5. The Kier molecular flexibility index (Phi) is 4.82. The molecule has 2 aliphatic heterocycles. The monoisotopic (exact) mass is 345 g/mol.